The Kier molecular flexibility index (Phi) is 8.52. The van der Waals surface area contributed by atoms with Gasteiger partial charge in [0.25, 0.3) is 0 Å². The third-order valence-electron chi connectivity index (χ3n) is 3.95. The van der Waals surface area contributed by atoms with Crippen molar-refractivity contribution in [1.82, 2.24) is 0 Å². The number of nitrogens with two attached hydrogens (primary N) is 1. The minimum atomic E-state index is -3.21. The summed E-state index contributed by atoms with van der Waals surface area (Å²) in [6.45, 7) is 3.27. The Balaban J connectivity index is 0.00000324. The molecule has 116 valence electrons. The van der Waals surface area contributed by atoms with E-state index in [1.165, 1.54) is 19.3 Å². The Morgan fingerprint density at radius 2 is 1.74 bits per heavy atom. The fourth-order valence-corrected chi connectivity index (χ4v) is 3.63. The molecule has 0 amide bonds. The van der Waals surface area contributed by atoms with Gasteiger partial charge in [0.15, 0.2) is 9.84 Å². The normalized spacial score (nSPS) is 20.9. The molecule has 0 saturated heterocycles. The van der Waals surface area contributed by atoms with Gasteiger partial charge < -0.3 is 10.8 Å². The number of aliphatic hydroxyl groups is 1. The molecule has 6 heteroatoms. The standard InChI is InChI=1S/C13H27NO3S.ClH/c1-10(2)18(16,17)9-13(15)12(14)8-11-6-4-3-5-7-11;/h10-13,15H,3-9,14H2,1-2H3;1H. The number of aliphatic hydroxyl groups excluding tert-OH is 1. The van der Waals surface area contributed by atoms with Crippen molar-refractivity contribution in [2.24, 2.45) is 11.7 Å². The van der Waals surface area contributed by atoms with Crippen LogP contribution in [0.4, 0.5) is 0 Å². The number of halogens is 1. The SMILES string of the molecule is CC(C)S(=O)(=O)CC(O)C(N)CC1CCCCC1.Cl. The van der Waals surface area contributed by atoms with E-state index in [4.69, 9.17) is 5.73 Å². The molecular weight excluding hydrogens is 286 g/mol. The second kappa shape index (κ2) is 8.45. The van der Waals surface area contributed by atoms with E-state index in [0.29, 0.717) is 5.92 Å². The predicted molar refractivity (Wildman–Crippen MR) is 81.3 cm³/mol. The third-order valence-corrected chi connectivity index (χ3v) is 6.19. The maximum Gasteiger partial charge on any atom is 0.155 e. The van der Waals surface area contributed by atoms with Crippen LogP contribution in [0.1, 0.15) is 52.4 Å². The van der Waals surface area contributed by atoms with Gasteiger partial charge >= 0.3 is 0 Å². The van der Waals surface area contributed by atoms with E-state index in [1.807, 2.05) is 0 Å². The van der Waals surface area contributed by atoms with Crippen molar-refractivity contribution in [3.8, 4) is 0 Å². The summed E-state index contributed by atoms with van der Waals surface area (Å²) in [6.07, 6.45) is 5.90. The molecule has 0 aromatic rings. The van der Waals surface area contributed by atoms with Crippen LogP contribution in [0.5, 0.6) is 0 Å². The predicted octanol–water partition coefficient (Wildman–Crippen LogP) is 1.89. The summed E-state index contributed by atoms with van der Waals surface area (Å²) in [4.78, 5) is 0. The molecule has 0 radical (unpaired) electrons. The molecule has 2 unspecified atom stereocenters. The molecule has 4 nitrogen and oxygen atoms in total. The van der Waals surface area contributed by atoms with E-state index in [9.17, 15) is 13.5 Å². The van der Waals surface area contributed by atoms with Crippen molar-refractivity contribution in [2.45, 2.75) is 69.8 Å². The lowest BCUT2D eigenvalue weighted by molar-refractivity contribution is 0.145. The Bertz CT molecular complexity index is 340. The average Bonchev–Trinajstić information content (AvgIpc) is 2.29. The summed E-state index contributed by atoms with van der Waals surface area (Å²) < 4.78 is 23.4. The molecule has 0 aromatic heterocycles. The number of sulfone groups is 1. The van der Waals surface area contributed by atoms with Gasteiger partial charge in [0.2, 0.25) is 0 Å². The molecule has 0 aromatic carbocycles. The Morgan fingerprint density at radius 1 is 1.21 bits per heavy atom. The summed E-state index contributed by atoms with van der Waals surface area (Å²) in [5.74, 6) is 0.351. The van der Waals surface area contributed by atoms with Gasteiger partial charge in [0.05, 0.1) is 17.1 Å². The average molecular weight is 314 g/mol. The lowest BCUT2D eigenvalue weighted by atomic mass is 9.84. The van der Waals surface area contributed by atoms with Gasteiger partial charge in [0, 0.05) is 6.04 Å². The Labute approximate surface area is 123 Å². The van der Waals surface area contributed by atoms with E-state index in [-0.39, 0.29) is 18.2 Å². The zero-order valence-electron chi connectivity index (χ0n) is 11.9. The maximum absolute atomic E-state index is 11.7. The van der Waals surface area contributed by atoms with Gasteiger partial charge in [-0.25, -0.2) is 8.42 Å². The van der Waals surface area contributed by atoms with Gasteiger partial charge in [-0.2, -0.15) is 0 Å². The largest absolute Gasteiger partial charge is 0.390 e. The topological polar surface area (TPSA) is 80.4 Å². The summed E-state index contributed by atoms with van der Waals surface area (Å²) in [6, 6.07) is -0.415. The number of rotatable bonds is 6. The molecule has 3 N–H and O–H groups in total. The van der Waals surface area contributed by atoms with Crippen molar-refractivity contribution in [3.05, 3.63) is 0 Å². The van der Waals surface area contributed by atoms with Gasteiger partial charge in [-0.1, -0.05) is 32.1 Å². The van der Waals surface area contributed by atoms with Crippen molar-refractivity contribution >= 4 is 22.2 Å². The highest BCUT2D eigenvalue weighted by molar-refractivity contribution is 7.92. The zero-order chi connectivity index (χ0) is 13.8. The second-order valence-electron chi connectivity index (χ2n) is 5.85. The quantitative estimate of drug-likeness (QED) is 0.784. The second-order valence-corrected chi connectivity index (χ2v) is 8.45. The minimum Gasteiger partial charge on any atom is -0.390 e. The molecule has 1 rings (SSSR count). The van der Waals surface area contributed by atoms with E-state index < -0.39 is 27.2 Å². The molecule has 1 fully saturated rings. The van der Waals surface area contributed by atoms with E-state index in [1.54, 1.807) is 13.8 Å². The summed E-state index contributed by atoms with van der Waals surface area (Å²) in [5.41, 5.74) is 5.94. The smallest absolute Gasteiger partial charge is 0.155 e. The summed E-state index contributed by atoms with van der Waals surface area (Å²) in [7, 11) is -3.21. The lowest BCUT2D eigenvalue weighted by Gasteiger charge is -2.27. The van der Waals surface area contributed by atoms with E-state index in [2.05, 4.69) is 0 Å². The molecule has 1 aliphatic carbocycles. The van der Waals surface area contributed by atoms with Gasteiger partial charge in [-0.05, 0) is 26.2 Å². The lowest BCUT2D eigenvalue weighted by Crippen LogP contribution is -2.42. The fraction of sp³-hybridized carbons (Fsp3) is 1.00. The van der Waals surface area contributed by atoms with Crippen LogP contribution in [-0.4, -0.2) is 36.7 Å². The minimum absolute atomic E-state index is 0. The molecule has 0 spiro atoms. The molecule has 0 heterocycles. The van der Waals surface area contributed by atoms with Crippen LogP contribution in [0.3, 0.4) is 0 Å². The Morgan fingerprint density at radius 3 is 2.21 bits per heavy atom. The highest BCUT2D eigenvalue weighted by Gasteiger charge is 2.27. The monoisotopic (exact) mass is 313 g/mol. The molecule has 2 atom stereocenters. The van der Waals surface area contributed by atoms with E-state index >= 15 is 0 Å². The van der Waals surface area contributed by atoms with Crippen molar-refractivity contribution < 1.29 is 13.5 Å². The summed E-state index contributed by atoms with van der Waals surface area (Å²) >= 11 is 0. The molecule has 1 aliphatic rings. The van der Waals surface area contributed by atoms with Gasteiger partial charge in [0.1, 0.15) is 0 Å². The molecule has 0 bridgehead atoms. The zero-order valence-corrected chi connectivity index (χ0v) is 13.5. The van der Waals surface area contributed by atoms with Crippen LogP contribution in [0.2, 0.25) is 0 Å². The molecule has 1 saturated carbocycles. The maximum atomic E-state index is 11.7. The summed E-state index contributed by atoms with van der Waals surface area (Å²) in [5, 5.41) is 9.48. The highest BCUT2D eigenvalue weighted by atomic mass is 35.5. The van der Waals surface area contributed by atoms with Crippen LogP contribution in [0, 0.1) is 5.92 Å². The van der Waals surface area contributed by atoms with Crippen molar-refractivity contribution in [2.75, 3.05) is 5.75 Å². The van der Waals surface area contributed by atoms with Gasteiger partial charge in [-0.15, -0.1) is 12.4 Å². The van der Waals surface area contributed by atoms with Crippen molar-refractivity contribution in [1.29, 1.82) is 0 Å². The first-order valence-electron chi connectivity index (χ1n) is 6.98. The fourth-order valence-electron chi connectivity index (χ4n) is 2.52. The number of hydrogen-bond donors (Lipinski definition) is 2. The van der Waals surface area contributed by atoms with Crippen LogP contribution >= 0.6 is 12.4 Å². The first-order valence-corrected chi connectivity index (χ1v) is 8.69. The molecule has 19 heavy (non-hydrogen) atoms. The first-order chi connectivity index (χ1) is 8.33. The van der Waals surface area contributed by atoms with E-state index in [0.717, 1.165) is 19.3 Å². The van der Waals surface area contributed by atoms with Crippen LogP contribution < -0.4 is 5.73 Å². The molecular formula is C13H28ClNO3S. The van der Waals surface area contributed by atoms with Crippen LogP contribution in [-0.2, 0) is 9.84 Å². The number of hydrogen-bond acceptors (Lipinski definition) is 4. The third kappa shape index (κ3) is 6.43. The highest BCUT2D eigenvalue weighted by Crippen LogP contribution is 2.27. The molecule has 0 aliphatic heterocycles. The Hall–Kier alpha value is 0.160. The van der Waals surface area contributed by atoms with Crippen LogP contribution in [0.15, 0.2) is 0 Å². The first kappa shape index (κ1) is 19.2. The van der Waals surface area contributed by atoms with Crippen LogP contribution in [0.25, 0.3) is 0 Å². The van der Waals surface area contributed by atoms with Crippen molar-refractivity contribution in [3.63, 3.8) is 0 Å². The van der Waals surface area contributed by atoms with Gasteiger partial charge in [-0.3, -0.25) is 0 Å².